The average Bonchev–Trinajstić information content (AvgIpc) is 3.37. The van der Waals surface area contributed by atoms with Crippen LogP contribution in [0.25, 0.3) is 11.3 Å². The molecule has 1 fully saturated rings. The number of nitrogens with zero attached hydrogens (tertiary/aromatic N) is 3. The lowest BCUT2D eigenvalue weighted by molar-refractivity contribution is -0.125. The largest absolute Gasteiger partial charge is 0.350 e. The Balaban J connectivity index is 1.51. The van der Waals surface area contributed by atoms with Gasteiger partial charge in [-0.25, -0.2) is 0 Å². The van der Waals surface area contributed by atoms with Gasteiger partial charge in [0.25, 0.3) is 0 Å². The summed E-state index contributed by atoms with van der Waals surface area (Å²) in [5.41, 5.74) is 3.20. The third-order valence-electron chi connectivity index (χ3n) is 5.52. The summed E-state index contributed by atoms with van der Waals surface area (Å²) in [5.74, 6) is 0.256. The van der Waals surface area contributed by atoms with E-state index in [4.69, 9.17) is 5.10 Å². The van der Waals surface area contributed by atoms with Crippen LogP contribution in [0.1, 0.15) is 56.7 Å². The summed E-state index contributed by atoms with van der Waals surface area (Å²) in [4.78, 5) is 16.5. The van der Waals surface area contributed by atoms with Crippen molar-refractivity contribution in [2.24, 2.45) is 5.92 Å². The van der Waals surface area contributed by atoms with Crippen LogP contribution < -0.4 is 5.32 Å². The predicted octanol–water partition coefficient (Wildman–Crippen LogP) is 4.03. The molecule has 2 aromatic rings. The number of carbonyl (C=O) groups is 1. The van der Waals surface area contributed by atoms with Crippen LogP contribution in [0.5, 0.6) is 0 Å². The molecule has 0 bridgehead atoms. The number of nitrogens with one attached hydrogen (secondary N) is 1. The molecule has 5 heteroatoms. The number of rotatable bonds is 5. The zero-order chi connectivity index (χ0) is 17.8. The molecule has 2 aliphatic rings. The third kappa shape index (κ3) is 3.71. The normalized spacial score (nSPS) is 20.4. The average molecular weight is 350 g/mol. The molecule has 0 spiro atoms. The molecule has 0 saturated heterocycles. The first-order valence-corrected chi connectivity index (χ1v) is 9.73. The van der Waals surface area contributed by atoms with E-state index in [-0.39, 0.29) is 11.8 Å². The molecule has 1 atom stereocenters. The maximum atomic E-state index is 12.4. The van der Waals surface area contributed by atoms with Gasteiger partial charge in [0.2, 0.25) is 5.91 Å². The number of hydrogen-bond donors (Lipinski definition) is 1. The molecule has 4 rings (SSSR count). The number of pyridine rings is 1. The first-order chi connectivity index (χ1) is 12.8. The van der Waals surface area contributed by atoms with Gasteiger partial charge in [-0.15, -0.1) is 0 Å². The smallest absolute Gasteiger partial charge is 0.223 e. The van der Waals surface area contributed by atoms with Gasteiger partial charge >= 0.3 is 0 Å². The van der Waals surface area contributed by atoms with E-state index >= 15 is 0 Å². The summed E-state index contributed by atoms with van der Waals surface area (Å²) in [6.07, 6.45) is 15.6. The molecule has 136 valence electrons. The van der Waals surface area contributed by atoms with Gasteiger partial charge in [0, 0.05) is 23.9 Å². The lowest BCUT2D eigenvalue weighted by Gasteiger charge is -2.16. The van der Waals surface area contributed by atoms with Crippen molar-refractivity contribution in [2.75, 3.05) is 0 Å². The zero-order valence-corrected chi connectivity index (χ0v) is 15.1. The Labute approximate surface area is 154 Å². The number of amides is 1. The van der Waals surface area contributed by atoms with Gasteiger partial charge in [-0.05, 0) is 50.3 Å². The number of carbonyl (C=O) groups excluding carboxylic acids is 1. The second-order valence-corrected chi connectivity index (χ2v) is 7.34. The molecule has 0 radical (unpaired) electrons. The molecule has 0 unspecified atom stereocenters. The maximum Gasteiger partial charge on any atom is 0.223 e. The van der Waals surface area contributed by atoms with Crippen molar-refractivity contribution in [3.63, 3.8) is 0 Å². The maximum absolute atomic E-state index is 12.4. The summed E-state index contributed by atoms with van der Waals surface area (Å²) in [6, 6.07) is 6.64. The highest BCUT2D eigenvalue weighted by Gasteiger charge is 2.23. The summed E-state index contributed by atoms with van der Waals surface area (Å²) in [5, 5.41) is 7.94. The SMILES string of the molecule is O=C(NCc1cc(-c2ccncc2)n(C2CCCC2)n1)[C@H]1CC=CCC1. The highest BCUT2D eigenvalue weighted by molar-refractivity contribution is 5.79. The minimum Gasteiger partial charge on any atom is -0.350 e. The molecular weight excluding hydrogens is 324 g/mol. The number of allylic oxidation sites excluding steroid dienone is 2. The molecular formula is C21H26N4O. The van der Waals surface area contributed by atoms with Gasteiger partial charge in [-0.1, -0.05) is 25.0 Å². The standard InChI is InChI=1S/C21H26N4O/c26-21(17-6-2-1-3-7-17)23-15-18-14-20(16-10-12-22-13-11-16)25(24-18)19-8-4-5-9-19/h1-2,10-14,17,19H,3-9,15H2,(H,23,26)/t17-/m0/s1. The minimum atomic E-state index is 0.108. The van der Waals surface area contributed by atoms with E-state index in [9.17, 15) is 4.79 Å². The monoisotopic (exact) mass is 350 g/mol. The number of aromatic nitrogens is 3. The van der Waals surface area contributed by atoms with Crippen LogP contribution >= 0.6 is 0 Å². The van der Waals surface area contributed by atoms with Gasteiger partial charge in [0.15, 0.2) is 0 Å². The van der Waals surface area contributed by atoms with Crippen LogP contribution in [0.15, 0.2) is 42.7 Å². The van der Waals surface area contributed by atoms with E-state index in [1.807, 2.05) is 24.5 Å². The minimum absolute atomic E-state index is 0.108. The second-order valence-electron chi connectivity index (χ2n) is 7.34. The topological polar surface area (TPSA) is 59.8 Å². The van der Waals surface area contributed by atoms with Crippen LogP contribution in [-0.4, -0.2) is 20.7 Å². The van der Waals surface area contributed by atoms with Crippen molar-refractivity contribution in [3.8, 4) is 11.3 Å². The molecule has 1 saturated carbocycles. The summed E-state index contributed by atoms with van der Waals surface area (Å²) in [7, 11) is 0. The molecule has 1 amide bonds. The van der Waals surface area contributed by atoms with Gasteiger partial charge in [0.1, 0.15) is 0 Å². The first kappa shape index (κ1) is 17.0. The van der Waals surface area contributed by atoms with E-state index in [1.165, 1.54) is 25.7 Å². The van der Waals surface area contributed by atoms with Crippen LogP contribution in [0.3, 0.4) is 0 Å². The fourth-order valence-electron chi connectivity index (χ4n) is 4.05. The zero-order valence-electron chi connectivity index (χ0n) is 15.1. The van der Waals surface area contributed by atoms with Crippen molar-refractivity contribution in [2.45, 2.75) is 57.5 Å². The van der Waals surface area contributed by atoms with Crippen molar-refractivity contribution < 1.29 is 4.79 Å². The Morgan fingerprint density at radius 2 is 1.96 bits per heavy atom. The fourth-order valence-corrected chi connectivity index (χ4v) is 4.05. The Morgan fingerprint density at radius 3 is 2.69 bits per heavy atom. The lowest BCUT2D eigenvalue weighted by atomic mass is 9.94. The molecule has 1 N–H and O–H groups in total. The van der Waals surface area contributed by atoms with Crippen LogP contribution in [0.2, 0.25) is 0 Å². The summed E-state index contributed by atoms with van der Waals surface area (Å²) in [6.45, 7) is 0.497. The Bertz CT molecular complexity index is 775. The molecule has 2 aliphatic carbocycles. The Hall–Kier alpha value is -2.43. The van der Waals surface area contributed by atoms with E-state index in [0.29, 0.717) is 12.6 Å². The van der Waals surface area contributed by atoms with Crippen LogP contribution in [0, 0.1) is 5.92 Å². The van der Waals surface area contributed by atoms with Gasteiger partial charge in [0.05, 0.1) is 24.0 Å². The molecule has 2 aromatic heterocycles. The summed E-state index contributed by atoms with van der Waals surface area (Å²) < 4.78 is 2.17. The lowest BCUT2D eigenvalue weighted by Crippen LogP contribution is -2.30. The van der Waals surface area contributed by atoms with Crippen LogP contribution in [0.4, 0.5) is 0 Å². The van der Waals surface area contributed by atoms with E-state index in [2.05, 4.69) is 33.2 Å². The van der Waals surface area contributed by atoms with Crippen LogP contribution in [-0.2, 0) is 11.3 Å². The molecule has 5 nitrogen and oxygen atoms in total. The van der Waals surface area contributed by atoms with Crippen molar-refractivity contribution in [1.29, 1.82) is 0 Å². The quantitative estimate of drug-likeness (QED) is 0.828. The van der Waals surface area contributed by atoms with Crippen molar-refractivity contribution in [1.82, 2.24) is 20.1 Å². The Kier molecular flexibility index (Phi) is 5.14. The Morgan fingerprint density at radius 1 is 1.15 bits per heavy atom. The highest BCUT2D eigenvalue weighted by Crippen LogP contribution is 2.33. The second kappa shape index (κ2) is 7.85. The van der Waals surface area contributed by atoms with Gasteiger partial charge in [-0.3, -0.25) is 14.5 Å². The number of hydrogen-bond acceptors (Lipinski definition) is 3. The van der Waals surface area contributed by atoms with Crippen molar-refractivity contribution >= 4 is 5.91 Å². The molecule has 0 aliphatic heterocycles. The van der Waals surface area contributed by atoms with Gasteiger partial charge < -0.3 is 5.32 Å². The van der Waals surface area contributed by atoms with E-state index < -0.39 is 0 Å². The summed E-state index contributed by atoms with van der Waals surface area (Å²) >= 11 is 0. The van der Waals surface area contributed by atoms with E-state index in [0.717, 1.165) is 36.2 Å². The van der Waals surface area contributed by atoms with Gasteiger partial charge in [-0.2, -0.15) is 5.10 Å². The predicted molar refractivity (Wildman–Crippen MR) is 101 cm³/mol. The third-order valence-corrected chi connectivity index (χ3v) is 5.52. The fraction of sp³-hybridized carbons (Fsp3) is 0.476. The highest BCUT2D eigenvalue weighted by atomic mass is 16.1. The molecule has 0 aromatic carbocycles. The first-order valence-electron chi connectivity index (χ1n) is 9.73. The van der Waals surface area contributed by atoms with E-state index in [1.54, 1.807) is 0 Å². The molecule has 2 heterocycles. The molecule has 26 heavy (non-hydrogen) atoms. The van der Waals surface area contributed by atoms with Crippen molar-refractivity contribution in [3.05, 3.63) is 48.4 Å².